The summed E-state index contributed by atoms with van der Waals surface area (Å²) in [6.07, 6.45) is 0.764. The first-order chi connectivity index (χ1) is 9.11. The largest absolute Gasteiger partial charge is 0.471 e. The zero-order valence-corrected chi connectivity index (χ0v) is 10.8. The maximum Gasteiger partial charge on any atom is 0.325 e. The van der Waals surface area contributed by atoms with Gasteiger partial charge in [-0.2, -0.15) is 0 Å². The number of rotatable bonds is 3. The standard InChI is InChI=1S/C14H15NO4/c1-10-8-12(16)15(9-13(17)18-2)14(19-10)11-6-4-3-5-7-11/h3-8,14H,9H2,1-2H3. The molecule has 19 heavy (non-hydrogen) atoms. The molecule has 0 radical (unpaired) electrons. The van der Waals surface area contributed by atoms with Crippen molar-refractivity contribution >= 4 is 11.9 Å². The van der Waals surface area contributed by atoms with Gasteiger partial charge in [0.1, 0.15) is 12.3 Å². The summed E-state index contributed by atoms with van der Waals surface area (Å²) in [5.74, 6) is -0.214. The van der Waals surface area contributed by atoms with E-state index in [1.807, 2.05) is 30.3 Å². The number of hydrogen-bond donors (Lipinski definition) is 0. The van der Waals surface area contributed by atoms with E-state index < -0.39 is 12.2 Å². The predicted molar refractivity (Wildman–Crippen MR) is 67.8 cm³/mol. The van der Waals surface area contributed by atoms with Crippen LogP contribution in [0.4, 0.5) is 0 Å². The topological polar surface area (TPSA) is 55.8 Å². The maximum atomic E-state index is 12.0. The van der Waals surface area contributed by atoms with Crippen molar-refractivity contribution in [2.45, 2.75) is 13.2 Å². The molecule has 5 heteroatoms. The lowest BCUT2D eigenvalue weighted by atomic mass is 10.1. The first-order valence-corrected chi connectivity index (χ1v) is 5.89. The van der Waals surface area contributed by atoms with Gasteiger partial charge in [-0.05, 0) is 6.92 Å². The number of ether oxygens (including phenoxy) is 2. The minimum atomic E-state index is -0.599. The van der Waals surface area contributed by atoms with Gasteiger partial charge in [0.05, 0.1) is 7.11 Å². The van der Waals surface area contributed by atoms with Gasteiger partial charge in [0.25, 0.3) is 5.91 Å². The highest BCUT2D eigenvalue weighted by Gasteiger charge is 2.31. The molecule has 1 amide bonds. The van der Waals surface area contributed by atoms with Gasteiger partial charge < -0.3 is 9.47 Å². The highest BCUT2D eigenvalue weighted by Crippen LogP contribution is 2.28. The van der Waals surface area contributed by atoms with Gasteiger partial charge in [-0.3, -0.25) is 14.5 Å². The fourth-order valence-corrected chi connectivity index (χ4v) is 1.88. The molecule has 1 aliphatic rings. The maximum absolute atomic E-state index is 12.0. The molecule has 0 saturated carbocycles. The van der Waals surface area contributed by atoms with Crippen LogP contribution in [0.3, 0.4) is 0 Å². The van der Waals surface area contributed by atoms with E-state index >= 15 is 0 Å². The molecule has 5 nitrogen and oxygen atoms in total. The SMILES string of the molecule is COC(=O)CN1C(=O)C=C(C)OC1c1ccccc1. The van der Waals surface area contributed by atoms with Crippen molar-refractivity contribution in [2.24, 2.45) is 0 Å². The van der Waals surface area contributed by atoms with E-state index in [-0.39, 0.29) is 12.5 Å². The van der Waals surface area contributed by atoms with Gasteiger partial charge in [-0.15, -0.1) is 0 Å². The Morgan fingerprint density at radius 1 is 1.37 bits per heavy atom. The fourth-order valence-electron chi connectivity index (χ4n) is 1.88. The zero-order chi connectivity index (χ0) is 13.8. The first-order valence-electron chi connectivity index (χ1n) is 5.89. The average molecular weight is 261 g/mol. The number of amides is 1. The van der Waals surface area contributed by atoms with Crippen LogP contribution < -0.4 is 0 Å². The van der Waals surface area contributed by atoms with Crippen LogP contribution >= 0.6 is 0 Å². The minimum absolute atomic E-state index is 0.140. The number of methoxy groups -OCH3 is 1. The Bertz CT molecular complexity index is 509. The summed E-state index contributed by atoms with van der Waals surface area (Å²) in [5, 5.41) is 0. The van der Waals surface area contributed by atoms with Gasteiger partial charge >= 0.3 is 5.97 Å². The van der Waals surface area contributed by atoms with E-state index in [1.165, 1.54) is 18.1 Å². The summed E-state index contributed by atoms with van der Waals surface area (Å²) in [7, 11) is 1.29. The van der Waals surface area contributed by atoms with E-state index in [4.69, 9.17) is 4.74 Å². The van der Waals surface area contributed by atoms with Crippen molar-refractivity contribution in [2.75, 3.05) is 13.7 Å². The molecule has 0 bridgehead atoms. The van der Waals surface area contributed by atoms with E-state index in [9.17, 15) is 9.59 Å². The van der Waals surface area contributed by atoms with Crippen molar-refractivity contribution in [3.05, 3.63) is 47.7 Å². The number of carbonyl (C=O) groups excluding carboxylic acids is 2. The van der Waals surface area contributed by atoms with Gasteiger partial charge in [0, 0.05) is 11.6 Å². The summed E-state index contributed by atoms with van der Waals surface area (Å²) in [6, 6.07) is 9.28. The molecule has 1 aromatic rings. The molecule has 1 unspecified atom stereocenters. The molecular formula is C14H15NO4. The molecule has 0 fully saturated rings. The van der Waals surface area contributed by atoms with E-state index in [1.54, 1.807) is 6.92 Å². The van der Waals surface area contributed by atoms with Crippen molar-refractivity contribution in [1.82, 2.24) is 4.90 Å². The number of hydrogen-bond acceptors (Lipinski definition) is 4. The number of carbonyl (C=O) groups is 2. The summed E-state index contributed by atoms with van der Waals surface area (Å²) in [6.45, 7) is 1.57. The summed E-state index contributed by atoms with van der Waals surface area (Å²) in [5.41, 5.74) is 0.812. The number of esters is 1. The number of nitrogens with zero attached hydrogens (tertiary/aromatic N) is 1. The Balaban J connectivity index is 2.30. The van der Waals surface area contributed by atoms with Crippen LogP contribution in [0.5, 0.6) is 0 Å². The normalized spacial score (nSPS) is 18.6. The third kappa shape index (κ3) is 2.93. The van der Waals surface area contributed by atoms with Crippen LogP contribution in [0.1, 0.15) is 18.7 Å². The van der Waals surface area contributed by atoms with Crippen molar-refractivity contribution in [3.63, 3.8) is 0 Å². The monoisotopic (exact) mass is 261 g/mol. The molecule has 0 spiro atoms. The second-order valence-corrected chi connectivity index (χ2v) is 4.18. The molecule has 100 valence electrons. The van der Waals surface area contributed by atoms with Crippen molar-refractivity contribution in [3.8, 4) is 0 Å². The lowest BCUT2D eigenvalue weighted by Crippen LogP contribution is -2.41. The molecule has 1 atom stereocenters. The fraction of sp³-hybridized carbons (Fsp3) is 0.286. The lowest BCUT2D eigenvalue weighted by Gasteiger charge is -2.34. The predicted octanol–water partition coefficient (Wildman–Crippen LogP) is 1.62. The van der Waals surface area contributed by atoms with Gasteiger partial charge in [-0.1, -0.05) is 30.3 Å². The second kappa shape index (κ2) is 5.56. The molecule has 2 rings (SSSR count). The Labute approximate surface area is 111 Å². The average Bonchev–Trinajstić information content (AvgIpc) is 2.42. The van der Waals surface area contributed by atoms with E-state index in [0.717, 1.165) is 5.56 Å². The van der Waals surface area contributed by atoms with Crippen molar-refractivity contribution < 1.29 is 19.1 Å². The highest BCUT2D eigenvalue weighted by molar-refractivity contribution is 5.91. The highest BCUT2D eigenvalue weighted by atomic mass is 16.5. The third-order valence-corrected chi connectivity index (χ3v) is 2.80. The van der Waals surface area contributed by atoms with Gasteiger partial charge in [0.15, 0.2) is 0 Å². The van der Waals surface area contributed by atoms with E-state index in [2.05, 4.69) is 4.74 Å². The van der Waals surface area contributed by atoms with Crippen molar-refractivity contribution in [1.29, 1.82) is 0 Å². The first kappa shape index (κ1) is 13.1. The lowest BCUT2D eigenvalue weighted by molar-refractivity contribution is -0.156. The Hall–Kier alpha value is -2.30. The Kier molecular flexibility index (Phi) is 3.85. The molecule has 0 aromatic heterocycles. The summed E-state index contributed by atoms with van der Waals surface area (Å²) >= 11 is 0. The van der Waals surface area contributed by atoms with Gasteiger partial charge in [0.2, 0.25) is 6.23 Å². The van der Waals surface area contributed by atoms with Gasteiger partial charge in [-0.25, -0.2) is 0 Å². The molecule has 1 aromatic carbocycles. The van der Waals surface area contributed by atoms with Crippen LogP contribution in [0.25, 0.3) is 0 Å². The molecule has 0 N–H and O–H groups in total. The Morgan fingerprint density at radius 3 is 2.68 bits per heavy atom. The second-order valence-electron chi connectivity index (χ2n) is 4.18. The smallest absolute Gasteiger partial charge is 0.325 e. The third-order valence-electron chi connectivity index (χ3n) is 2.80. The van der Waals surface area contributed by atoms with Crippen LogP contribution in [0, 0.1) is 0 Å². The number of benzene rings is 1. The summed E-state index contributed by atoms with van der Waals surface area (Å²) in [4.78, 5) is 24.7. The number of allylic oxidation sites excluding steroid dienone is 1. The van der Waals surface area contributed by atoms with Crippen LogP contribution in [0.15, 0.2) is 42.2 Å². The Morgan fingerprint density at radius 2 is 2.05 bits per heavy atom. The quantitative estimate of drug-likeness (QED) is 0.776. The molecule has 1 aliphatic heterocycles. The molecular weight excluding hydrogens is 246 g/mol. The molecule has 0 saturated heterocycles. The zero-order valence-electron chi connectivity index (χ0n) is 10.8. The van der Waals surface area contributed by atoms with E-state index in [0.29, 0.717) is 5.76 Å². The summed E-state index contributed by atoms with van der Waals surface area (Å²) < 4.78 is 10.3. The molecule has 1 heterocycles. The van der Waals surface area contributed by atoms with Crippen LogP contribution in [-0.2, 0) is 19.1 Å². The van der Waals surface area contributed by atoms with Crippen LogP contribution in [0.2, 0.25) is 0 Å². The minimum Gasteiger partial charge on any atom is -0.471 e. The molecule has 0 aliphatic carbocycles. The van der Waals surface area contributed by atoms with Crippen LogP contribution in [-0.4, -0.2) is 30.4 Å².